The van der Waals surface area contributed by atoms with E-state index in [2.05, 4.69) is 22.3 Å². The number of ether oxygens (including phenoxy) is 2. The van der Waals surface area contributed by atoms with Gasteiger partial charge in [0.15, 0.2) is 0 Å². The van der Waals surface area contributed by atoms with Gasteiger partial charge >= 0.3 is 0 Å². The number of carbonyl (C=O) groups excluding carboxylic acids is 1. The summed E-state index contributed by atoms with van der Waals surface area (Å²) in [5.74, 6) is 0.787. The summed E-state index contributed by atoms with van der Waals surface area (Å²) in [6.45, 7) is 5.73. The second kappa shape index (κ2) is 8.83. The number of rotatable bonds is 6. The number of carbonyl (C=O) groups is 1. The molecule has 1 fully saturated rings. The van der Waals surface area contributed by atoms with Crippen LogP contribution in [0.3, 0.4) is 0 Å². The predicted octanol–water partition coefficient (Wildman–Crippen LogP) is 2.81. The van der Waals surface area contributed by atoms with Gasteiger partial charge < -0.3 is 14.8 Å². The highest BCUT2D eigenvalue weighted by atomic mass is 16.5. The average Bonchev–Trinajstić information content (AvgIpc) is 2.70. The van der Waals surface area contributed by atoms with Crippen molar-refractivity contribution in [3.63, 3.8) is 0 Å². The van der Waals surface area contributed by atoms with Gasteiger partial charge in [-0.25, -0.2) is 0 Å². The molecule has 1 N–H and O–H groups in total. The van der Waals surface area contributed by atoms with Gasteiger partial charge in [0.1, 0.15) is 5.75 Å². The molecule has 0 bridgehead atoms. The lowest BCUT2D eigenvalue weighted by molar-refractivity contribution is 0.0162. The molecule has 2 aromatic carbocycles. The van der Waals surface area contributed by atoms with E-state index in [1.807, 2.05) is 43.3 Å². The summed E-state index contributed by atoms with van der Waals surface area (Å²) in [5, 5.41) is 3.09. The van der Waals surface area contributed by atoms with Gasteiger partial charge in [0.25, 0.3) is 5.91 Å². The van der Waals surface area contributed by atoms with Crippen LogP contribution in [-0.2, 0) is 4.74 Å². The van der Waals surface area contributed by atoms with Crippen molar-refractivity contribution in [1.82, 2.24) is 10.2 Å². The van der Waals surface area contributed by atoms with Gasteiger partial charge in [0.2, 0.25) is 0 Å². The van der Waals surface area contributed by atoms with Crippen molar-refractivity contribution >= 4 is 5.91 Å². The van der Waals surface area contributed by atoms with Crippen LogP contribution in [0, 0.1) is 6.92 Å². The highest BCUT2D eigenvalue weighted by molar-refractivity contribution is 5.94. The number of nitrogens with zero attached hydrogens (tertiary/aromatic N) is 1. The molecule has 0 unspecified atom stereocenters. The van der Waals surface area contributed by atoms with Crippen molar-refractivity contribution in [2.24, 2.45) is 0 Å². The zero-order valence-electron chi connectivity index (χ0n) is 15.4. The van der Waals surface area contributed by atoms with E-state index < -0.39 is 0 Å². The minimum absolute atomic E-state index is 0.0447. The number of nitrogens with one attached hydrogen (secondary N) is 1. The number of methoxy groups -OCH3 is 1. The number of morpholine rings is 1. The third kappa shape index (κ3) is 4.62. The van der Waals surface area contributed by atoms with Crippen molar-refractivity contribution in [2.75, 3.05) is 40.0 Å². The Kier molecular flexibility index (Phi) is 6.26. The summed E-state index contributed by atoms with van der Waals surface area (Å²) in [6.07, 6.45) is 0. The van der Waals surface area contributed by atoms with Crippen LogP contribution in [0.25, 0.3) is 0 Å². The largest absolute Gasteiger partial charge is 0.497 e. The first kappa shape index (κ1) is 18.4. The molecule has 138 valence electrons. The number of benzene rings is 2. The zero-order chi connectivity index (χ0) is 18.4. The van der Waals surface area contributed by atoms with Crippen molar-refractivity contribution < 1.29 is 14.3 Å². The maximum absolute atomic E-state index is 12.5. The zero-order valence-corrected chi connectivity index (χ0v) is 15.4. The molecule has 5 nitrogen and oxygen atoms in total. The summed E-state index contributed by atoms with van der Waals surface area (Å²) in [6, 6.07) is 15.8. The maximum Gasteiger partial charge on any atom is 0.251 e. The average molecular weight is 354 g/mol. The lowest BCUT2D eigenvalue weighted by Crippen LogP contribution is -2.43. The van der Waals surface area contributed by atoms with Crippen LogP contribution in [0.5, 0.6) is 5.75 Å². The maximum atomic E-state index is 12.5. The summed E-state index contributed by atoms with van der Waals surface area (Å²) >= 11 is 0. The van der Waals surface area contributed by atoms with Crippen LogP contribution in [0.15, 0.2) is 48.5 Å². The van der Waals surface area contributed by atoms with Crippen LogP contribution in [0.2, 0.25) is 0 Å². The highest BCUT2D eigenvalue weighted by Gasteiger charge is 2.23. The topological polar surface area (TPSA) is 50.8 Å². The molecule has 0 spiro atoms. The first-order valence-corrected chi connectivity index (χ1v) is 8.98. The minimum atomic E-state index is -0.0447. The molecule has 0 radical (unpaired) electrons. The van der Waals surface area contributed by atoms with Gasteiger partial charge in [-0.15, -0.1) is 0 Å². The van der Waals surface area contributed by atoms with E-state index in [0.717, 1.165) is 43.2 Å². The second-order valence-corrected chi connectivity index (χ2v) is 6.51. The summed E-state index contributed by atoms with van der Waals surface area (Å²) in [7, 11) is 1.66. The van der Waals surface area contributed by atoms with E-state index in [1.54, 1.807) is 7.11 Å². The molecule has 1 aliphatic rings. The molecule has 0 aliphatic carbocycles. The Morgan fingerprint density at radius 1 is 1.12 bits per heavy atom. The van der Waals surface area contributed by atoms with Crippen LogP contribution in [-0.4, -0.2) is 50.8 Å². The molecule has 1 atom stereocenters. The standard InChI is InChI=1S/C21H26N2O3/c1-16-3-5-18(6-4-16)21(24)22-15-20(23-11-13-26-14-12-23)17-7-9-19(25-2)10-8-17/h3-10,20H,11-15H2,1-2H3,(H,22,24)/t20-/m1/s1. The normalized spacial score (nSPS) is 16.1. The molecular formula is C21H26N2O3. The third-order valence-electron chi connectivity index (χ3n) is 4.76. The minimum Gasteiger partial charge on any atom is -0.497 e. The molecule has 1 heterocycles. The predicted molar refractivity (Wildman–Crippen MR) is 102 cm³/mol. The van der Waals surface area contributed by atoms with Gasteiger partial charge in [0, 0.05) is 25.2 Å². The number of hydrogen-bond acceptors (Lipinski definition) is 4. The van der Waals surface area contributed by atoms with E-state index in [4.69, 9.17) is 9.47 Å². The van der Waals surface area contributed by atoms with E-state index in [-0.39, 0.29) is 11.9 Å². The van der Waals surface area contributed by atoms with Gasteiger partial charge in [-0.2, -0.15) is 0 Å². The SMILES string of the molecule is COc1ccc([C@@H](CNC(=O)c2ccc(C)cc2)N2CCOCC2)cc1. The van der Waals surface area contributed by atoms with Crippen molar-refractivity contribution in [2.45, 2.75) is 13.0 Å². The molecule has 1 amide bonds. The Morgan fingerprint density at radius 2 is 1.77 bits per heavy atom. The van der Waals surface area contributed by atoms with Crippen LogP contribution in [0.4, 0.5) is 0 Å². The van der Waals surface area contributed by atoms with E-state index in [0.29, 0.717) is 12.1 Å². The Morgan fingerprint density at radius 3 is 2.38 bits per heavy atom. The third-order valence-corrected chi connectivity index (χ3v) is 4.76. The number of amides is 1. The van der Waals surface area contributed by atoms with Crippen LogP contribution < -0.4 is 10.1 Å². The molecule has 1 saturated heterocycles. The molecule has 5 heteroatoms. The Bertz CT molecular complexity index is 707. The fourth-order valence-electron chi connectivity index (χ4n) is 3.17. The highest BCUT2D eigenvalue weighted by Crippen LogP contribution is 2.23. The Balaban J connectivity index is 1.72. The van der Waals surface area contributed by atoms with Gasteiger partial charge in [0.05, 0.1) is 26.4 Å². The Labute approximate surface area is 154 Å². The van der Waals surface area contributed by atoms with Gasteiger partial charge in [-0.05, 0) is 36.8 Å². The lowest BCUT2D eigenvalue weighted by Gasteiger charge is -2.35. The monoisotopic (exact) mass is 354 g/mol. The fourth-order valence-corrected chi connectivity index (χ4v) is 3.17. The second-order valence-electron chi connectivity index (χ2n) is 6.51. The molecule has 0 saturated carbocycles. The lowest BCUT2D eigenvalue weighted by atomic mass is 10.0. The van der Waals surface area contributed by atoms with E-state index in [1.165, 1.54) is 0 Å². The van der Waals surface area contributed by atoms with E-state index >= 15 is 0 Å². The fraction of sp³-hybridized carbons (Fsp3) is 0.381. The molecule has 26 heavy (non-hydrogen) atoms. The van der Waals surface area contributed by atoms with Crippen LogP contribution in [0.1, 0.15) is 27.5 Å². The van der Waals surface area contributed by atoms with E-state index in [9.17, 15) is 4.79 Å². The molecule has 2 aromatic rings. The number of hydrogen-bond donors (Lipinski definition) is 1. The van der Waals surface area contributed by atoms with Gasteiger partial charge in [-0.1, -0.05) is 29.8 Å². The van der Waals surface area contributed by atoms with Crippen molar-refractivity contribution in [1.29, 1.82) is 0 Å². The summed E-state index contributed by atoms with van der Waals surface area (Å²) in [5.41, 5.74) is 2.99. The first-order valence-electron chi connectivity index (χ1n) is 8.98. The smallest absolute Gasteiger partial charge is 0.251 e. The van der Waals surface area contributed by atoms with Crippen LogP contribution >= 0.6 is 0 Å². The molecule has 1 aliphatic heterocycles. The van der Waals surface area contributed by atoms with Crippen molar-refractivity contribution in [3.05, 3.63) is 65.2 Å². The van der Waals surface area contributed by atoms with Gasteiger partial charge in [-0.3, -0.25) is 9.69 Å². The first-order chi connectivity index (χ1) is 12.7. The van der Waals surface area contributed by atoms with Crippen molar-refractivity contribution in [3.8, 4) is 5.75 Å². The quantitative estimate of drug-likeness (QED) is 0.867. The molecular weight excluding hydrogens is 328 g/mol. The molecule has 0 aromatic heterocycles. The molecule has 3 rings (SSSR count). The Hall–Kier alpha value is -2.37. The summed E-state index contributed by atoms with van der Waals surface area (Å²) < 4.78 is 10.7. The summed E-state index contributed by atoms with van der Waals surface area (Å²) in [4.78, 5) is 14.9. The number of aryl methyl sites for hydroxylation is 1.